The highest BCUT2D eigenvalue weighted by Gasteiger charge is 2.61. The molecule has 5 rings (SSSR count). The van der Waals surface area contributed by atoms with Crippen molar-refractivity contribution >= 4 is 35.3 Å². The van der Waals surface area contributed by atoms with Gasteiger partial charge in [0.05, 0.1) is 34.9 Å². The molecule has 0 radical (unpaired) electrons. The maximum Gasteiger partial charge on any atom is 0.343 e. The van der Waals surface area contributed by atoms with Gasteiger partial charge in [-0.3, -0.25) is 29.0 Å². The molecule has 1 saturated carbocycles. The van der Waals surface area contributed by atoms with Crippen molar-refractivity contribution < 1.29 is 28.7 Å². The number of amides is 4. The lowest BCUT2D eigenvalue weighted by Gasteiger charge is -2.30. The van der Waals surface area contributed by atoms with Gasteiger partial charge in [0, 0.05) is 5.54 Å². The summed E-state index contributed by atoms with van der Waals surface area (Å²) in [5, 5.41) is 0. The minimum atomic E-state index is -0.654. The fourth-order valence-corrected chi connectivity index (χ4v) is 6.18. The summed E-state index contributed by atoms with van der Waals surface area (Å²) in [6, 6.07) is 13.6. The molecule has 0 bridgehead atoms. The summed E-state index contributed by atoms with van der Waals surface area (Å²) >= 11 is 0. The standard InChI is InChI=1S/C32H36N2O6/c1-7-32(5,6)19-10-14-21(15-11-19)40-30(39)18-8-12-20(13-9-18)33-26(35)22-16-24-25(17-23(22)27(33)36)29(38)34(28(24)37)31(2,3)4/h8-15,22-25H,7,16-17H2,1-6H3. The molecule has 4 unspecified atom stereocenters. The zero-order valence-electron chi connectivity index (χ0n) is 23.9. The van der Waals surface area contributed by atoms with E-state index in [1.54, 1.807) is 24.3 Å². The monoisotopic (exact) mass is 544 g/mol. The third kappa shape index (κ3) is 4.53. The lowest BCUT2D eigenvalue weighted by Crippen LogP contribution is -2.46. The number of likely N-dealkylation sites (tertiary alicyclic amines) is 1. The molecule has 8 nitrogen and oxygen atoms in total. The van der Waals surface area contributed by atoms with E-state index in [2.05, 4.69) is 20.8 Å². The average molecular weight is 545 g/mol. The maximum atomic E-state index is 13.4. The van der Waals surface area contributed by atoms with E-state index in [-0.39, 0.29) is 47.4 Å². The Morgan fingerprint density at radius 1 is 0.750 bits per heavy atom. The first kappa shape index (κ1) is 27.7. The van der Waals surface area contributed by atoms with E-state index in [1.165, 1.54) is 17.0 Å². The molecule has 2 saturated heterocycles. The molecule has 0 spiro atoms. The molecule has 0 aromatic heterocycles. The largest absolute Gasteiger partial charge is 0.423 e. The third-order valence-corrected chi connectivity index (χ3v) is 8.90. The lowest BCUT2D eigenvalue weighted by molar-refractivity contribution is -0.145. The molecule has 2 aliphatic heterocycles. The van der Waals surface area contributed by atoms with Crippen LogP contribution in [0.1, 0.15) is 76.7 Å². The van der Waals surface area contributed by atoms with Gasteiger partial charge in [0.2, 0.25) is 23.6 Å². The number of rotatable bonds is 5. The molecule has 2 heterocycles. The van der Waals surface area contributed by atoms with Crippen molar-refractivity contribution in [3.05, 3.63) is 59.7 Å². The van der Waals surface area contributed by atoms with Gasteiger partial charge in [0.1, 0.15) is 5.75 Å². The predicted octanol–water partition coefficient (Wildman–Crippen LogP) is 4.89. The molecular weight excluding hydrogens is 508 g/mol. The van der Waals surface area contributed by atoms with E-state index < -0.39 is 35.2 Å². The van der Waals surface area contributed by atoms with E-state index in [0.29, 0.717) is 11.4 Å². The van der Waals surface area contributed by atoms with Crippen LogP contribution in [0.15, 0.2) is 48.5 Å². The van der Waals surface area contributed by atoms with Crippen molar-refractivity contribution in [2.24, 2.45) is 23.7 Å². The summed E-state index contributed by atoms with van der Waals surface area (Å²) in [5.41, 5.74) is 1.16. The number of anilines is 1. The Morgan fingerprint density at radius 2 is 1.23 bits per heavy atom. The summed E-state index contributed by atoms with van der Waals surface area (Å²) in [5.74, 6) is -3.81. The summed E-state index contributed by atoms with van der Waals surface area (Å²) < 4.78 is 5.53. The molecular formula is C32H36N2O6. The highest BCUT2D eigenvalue weighted by molar-refractivity contribution is 6.22. The van der Waals surface area contributed by atoms with Gasteiger partial charge < -0.3 is 4.74 Å². The van der Waals surface area contributed by atoms with Crippen LogP contribution < -0.4 is 9.64 Å². The first-order valence-corrected chi connectivity index (χ1v) is 13.9. The molecule has 8 heteroatoms. The van der Waals surface area contributed by atoms with Crippen molar-refractivity contribution in [3.8, 4) is 5.75 Å². The second-order valence-electron chi connectivity index (χ2n) is 12.8. The molecule has 40 heavy (non-hydrogen) atoms. The average Bonchev–Trinajstić information content (AvgIpc) is 3.31. The van der Waals surface area contributed by atoms with Crippen molar-refractivity contribution in [1.82, 2.24) is 4.90 Å². The van der Waals surface area contributed by atoms with Gasteiger partial charge >= 0.3 is 5.97 Å². The van der Waals surface area contributed by atoms with Crippen molar-refractivity contribution in [2.45, 2.75) is 71.8 Å². The van der Waals surface area contributed by atoms with Crippen LogP contribution in [0.5, 0.6) is 5.75 Å². The molecule has 3 aliphatic rings. The minimum absolute atomic E-state index is 0.0247. The van der Waals surface area contributed by atoms with E-state index >= 15 is 0 Å². The van der Waals surface area contributed by atoms with Crippen LogP contribution in [0.4, 0.5) is 5.69 Å². The van der Waals surface area contributed by atoms with Gasteiger partial charge in [0.25, 0.3) is 0 Å². The first-order valence-electron chi connectivity index (χ1n) is 13.9. The van der Waals surface area contributed by atoms with Crippen LogP contribution in [0, 0.1) is 23.7 Å². The number of esters is 1. The minimum Gasteiger partial charge on any atom is -0.423 e. The number of carbonyl (C=O) groups is 5. The Hall–Kier alpha value is -3.81. The highest BCUT2D eigenvalue weighted by Crippen LogP contribution is 2.49. The molecule has 2 aromatic rings. The molecule has 1 aliphatic carbocycles. The van der Waals surface area contributed by atoms with Gasteiger partial charge in [-0.25, -0.2) is 4.79 Å². The number of ether oxygens (including phenoxy) is 1. The number of fused-ring (bicyclic) bond motifs is 2. The lowest BCUT2D eigenvalue weighted by atomic mass is 9.70. The normalized spacial score (nSPS) is 24.9. The number of hydrogen-bond acceptors (Lipinski definition) is 6. The molecule has 2 aromatic carbocycles. The zero-order chi connectivity index (χ0) is 29.1. The van der Waals surface area contributed by atoms with Gasteiger partial charge in [-0.15, -0.1) is 0 Å². The Labute approximate surface area is 234 Å². The van der Waals surface area contributed by atoms with Crippen molar-refractivity contribution in [2.75, 3.05) is 4.90 Å². The van der Waals surface area contributed by atoms with Crippen LogP contribution in [-0.2, 0) is 24.6 Å². The van der Waals surface area contributed by atoms with Gasteiger partial charge in [-0.1, -0.05) is 32.9 Å². The van der Waals surface area contributed by atoms with Crippen LogP contribution in [0.3, 0.4) is 0 Å². The first-order chi connectivity index (χ1) is 18.7. The van der Waals surface area contributed by atoms with Crippen LogP contribution in [-0.4, -0.2) is 40.0 Å². The molecule has 4 amide bonds. The topological polar surface area (TPSA) is 101 Å². The van der Waals surface area contributed by atoms with Gasteiger partial charge in [-0.05, 0) is 87.4 Å². The second-order valence-corrected chi connectivity index (χ2v) is 12.8. The van der Waals surface area contributed by atoms with Gasteiger partial charge in [-0.2, -0.15) is 0 Å². The van der Waals surface area contributed by atoms with E-state index in [0.717, 1.165) is 16.9 Å². The maximum absolute atomic E-state index is 13.4. The number of imide groups is 2. The Balaban J connectivity index is 1.28. The number of hydrogen-bond donors (Lipinski definition) is 0. The van der Waals surface area contributed by atoms with E-state index in [1.807, 2.05) is 32.9 Å². The van der Waals surface area contributed by atoms with E-state index in [9.17, 15) is 24.0 Å². The fraction of sp³-hybridized carbons (Fsp3) is 0.469. The van der Waals surface area contributed by atoms with Crippen LogP contribution >= 0.6 is 0 Å². The molecule has 4 atom stereocenters. The quantitative estimate of drug-likeness (QED) is 0.302. The van der Waals surface area contributed by atoms with Crippen molar-refractivity contribution in [3.63, 3.8) is 0 Å². The summed E-state index contributed by atoms with van der Waals surface area (Å²) in [4.78, 5) is 68.1. The SMILES string of the molecule is CCC(C)(C)c1ccc(OC(=O)c2ccc(N3C(=O)C4CC5C(=O)N(C(C)(C)C)C(=O)C5CC4C3=O)cc2)cc1. The summed E-state index contributed by atoms with van der Waals surface area (Å²) in [7, 11) is 0. The Kier molecular flexibility index (Phi) is 6.71. The zero-order valence-corrected chi connectivity index (χ0v) is 23.9. The Bertz CT molecular complexity index is 1340. The number of nitrogens with zero attached hydrogens (tertiary/aromatic N) is 2. The third-order valence-electron chi connectivity index (χ3n) is 8.90. The van der Waals surface area contributed by atoms with Gasteiger partial charge in [0.15, 0.2) is 0 Å². The predicted molar refractivity (Wildman–Crippen MR) is 148 cm³/mol. The highest BCUT2D eigenvalue weighted by atomic mass is 16.5. The summed E-state index contributed by atoms with van der Waals surface area (Å²) in [6.07, 6.45) is 1.35. The number of benzene rings is 2. The number of carbonyl (C=O) groups excluding carboxylic acids is 5. The molecule has 0 N–H and O–H groups in total. The van der Waals surface area contributed by atoms with Crippen LogP contribution in [0.25, 0.3) is 0 Å². The molecule has 210 valence electrons. The Morgan fingerprint density at radius 3 is 1.68 bits per heavy atom. The smallest absolute Gasteiger partial charge is 0.343 e. The second kappa shape index (κ2) is 9.68. The van der Waals surface area contributed by atoms with Crippen LogP contribution in [0.2, 0.25) is 0 Å². The van der Waals surface area contributed by atoms with E-state index in [4.69, 9.17) is 4.74 Å². The summed E-state index contributed by atoms with van der Waals surface area (Å²) in [6.45, 7) is 11.9. The fourth-order valence-electron chi connectivity index (χ4n) is 6.18. The molecule has 3 fully saturated rings. The van der Waals surface area contributed by atoms with Crippen molar-refractivity contribution in [1.29, 1.82) is 0 Å².